The Labute approximate surface area is 119 Å². The summed E-state index contributed by atoms with van der Waals surface area (Å²) in [6, 6.07) is 6.12. The lowest BCUT2D eigenvalue weighted by molar-refractivity contribution is 0.0899. The number of carbonyl (C=O) groups excluding carboxylic acids is 1. The van der Waals surface area contributed by atoms with Gasteiger partial charge in [0.15, 0.2) is 0 Å². The van der Waals surface area contributed by atoms with Crippen molar-refractivity contribution in [2.45, 2.75) is 25.8 Å². The van der Waals surface area contributed by atoms with Gasteiger partial charge in [0.25, 0.3) is 5.91 Å². The number of benzene rings is 1. The highest BCUT2D eigenvalue weighted by atomic mass is 32.2. The van der Waals surface area contributed by atoms with E-state index >= 15 is 0 Å². The van der Waals surface area contributed by atoms with Gasteiger partial charge in [0, 0.05) is 23.4 Å². The highest BCUT2D eigenvalue weighted by Crippen LogP contribution is 2.13. The van der Waals surface area contributed by atoms with Gasteiger partial charge >= 0.3 is 0 Å². The van der Waals surface area contributed by atoms with Crippen LogP contribution in [0.2, 0.25) is 0 Å². The van der Waals surface area contributed by atoms with Crippen LogP contribution in [0.5, 0.6) is 0 Å². The minimum absolute atomic E-state index is 0.00943. The molecule has 0 bridgehead atoms. The van der Waals surface area contributed by atoms with Gasteiger partial charge in [-0.3, -0.25) is 9.52 Å². The Morgan fingerprint density at radius 2 is 1.80 bits per heavy atom. The Balaban J connectivity index is 2.76. The van der Waals surface area contributed by atoms with Gasteiger partial charge in [-0.05, 0) is 44.5 Å². The van der Waals surface area contributed by atoms with Crippen LogP contribution < -0.4 is 10.0 Å². The van der Waals surface area contributed by atoms with Crippen molar-refractivity contribution in [1.82, 2.24) is 5.32 Å². The molecule has 0 saturated carbocycles. The molecule has 0 radical (unpaired) electrons. The Kier molecular flexibility index (Phi) is 5.13. The number of hydrogen-bond acceptors (Lipinski definition) is 4. The first-order valence-electron chi connectivity index (χ1n) is 6.14. The van der Waals surface area contributed by atoms with Gasteiger partial charge < -0.3 is 10.4 Å². The van der Waals surface area contributed by atoms with Gasteiger partial charge in [-0.1, -0.05) is 0 Å². The summed E-state index contributed by atoms with van der Waals surface area (Å²) < 4.78 is 24.5. The van der Waals surface area contributed by atoms with Gasteiger partial charge in [-0.2, -0.15) is 0 Å². The van der Waals surface area contributed by atoms with E-state index in [2.05, 4.69) is 10.0 Å². The van der Waals surface area contributed by atoms with Crippen molar-refractivity contribution in [1.29, 1.82) is 0 Å². The molecule has 0 aromatic heterocycles. The van der Waals surface area contributed by atoms with E-state index in [4.69, 9.17) is 5.11 Å². The van der Waals surface area contributed by atoms with Gasteiger partial charge in [0.2, 0.25) is 10.0 Å². The number of amides is 1. The smallest absolute Gasteiger partial charge is 0.251 e. The highest BCUT2D eigenvalue weighted by molar-refractivity contribution is 7.92. The first-order chi connectivity index (χ1) is 9.13. The summed E-state index contributed by atoms with van der Waals surface area (Å²) in [6.45, 7) is 3.63. The van der Waals surface area contributed by atoms with Gasteiger partial charge in [0.1, 0.15) is 0 Å². The highest BCUT2D eigenvalue weighted by Gasteiger charge is 2.20. The Morgan fingerprint density at radius 1 is 1.25 bits per heavy atom. The zero-order valence-electron chi connectivity index (χ0n) is 11.8. The number of carbonyl (C=O) groups is 1. The van der Waals surface area contributed by atoms with Gasteiger partial charge in [-0.25, -0.2) is 8.42 Å². The molecular weight excluding hydrogens is 280 g/mol. The van der Waals surface area contributed by atoms with Crippen molar-refractivity contribution < 1.29 is 18.3 Å². The van der Waals surface area contributed by atoms with E-state index in [0.717, 1.165) is 6.26 Å². The van der Waals surface area contributed by atoms with Crippen molar-refractivity contribution in [3.8, 4) is 0 Å². The van der Waals surface area contributed by atoms with Gasteiger partial charge in [-0.15, -0.1) is 0 Å². The monoisotopic (exact) mass is 300 g/mol. The predicted molar refractivity (Wildman–Crippen MR) is 78.2 cm³/mol. The van der Waals surface area contributed by atoms with E-state index in [9.17, 15) is 13.2 Å². The minimum Gasteiger partial charge on any atom is -0.396 e. The van der Waals surface area contributed by atoms with Crippen molar-refractivity contribution in [2.75, 3.05) is 17.6 Å². The zero-order valence-corrected chi connectivity index (χ0v) is 12.6. The average molecular weight is 300 g/mol. The number of rotatable bonds is 6. The number of nitrogens with one attached hydrogen (secondary N) is 2. The molecule has 7 heteroatoms. The minimum atomic E-state index is -3.32. The van der Waals surface area contributed by atoms with E-state index in [1.54, 1.807) is 0 Å². The number of hydrogen-bond donors (Lipinski definition) is 3. The summed E-state index contributed by atoms with van der Waals surface area (Å²) in [6.07, 6.45) is 1.51. The SMILES string of the molecule is CC(C)(CCO)NC(=O)c1ccc(NS(C)(=O)=O)cc1. The molecule has 0 fully saturated rings. The van der Waals surface area contributed by atoms with Crippen LogP contribution in [-0.4, -0.2) is 37.8 Å². The molecule has 3 N–H and O–H groups in total. The standard InChI is InChI=1S/C13H20N2O4S/c1-13(2,8-9-16)14-12(17)10-4-6-11(7-5-10)15-20(3,18)19/h4-7,15-16H,8-9H2,1-3H3,(H,14,17). The molecule has 20 heavy (non-hydrogen) atoms. The van der Waals surface area contributed by atoms with E-state index in [1.165, 1.54) is 24.3 Å². The third-order valence-electron chi connectivity index (χ3n) is 2.64. The van der Waals surface area contributed by atoms with Crippen molar-refractivity contribution >= 4 is 21.6 Å². The fraction of sp³-hybridized carbons (Fsp3) is 0.462. The maximum Gasteiger partial charge on any atom is 0.251 e. The average Bonchev–Trinajstić information content (AvgIpc) is 2.26. The quantitative estimate of drug-likeness (QED) is 0.729. The molecule has 1 aromatic carbocycles. The molecule has 6 nitrogen and oxygen atoms in total. The molecule has 0 heterocycles. The first kappa shape index (κ1) is 16.5. The molecule has 0 saturated heterocycles. The number of aliphatic hydroxyl groups is 1. The molecule has 0 atom stereocenters. The van der Waals surface area contributed by atoms with Crippen LogP contribution in [0.3, 0.4) is 0 Å². The lowest BCUT2D eigenvalue weighted by Gasteiger charge is -2.25. The van der Waals surface area contributed by atoms with Crippen LogP contribution in [0.4, 0.5) is 5.69 Å². The number of sulfonamides is 1. The molecule has 0 spiro atoms. The van der Waals surface area contributed by atoms with Crippen LogP contribution in [0.1, 0.15) is 30.6 Å². The van der Waals surface area contributed by atoms with Crippen LogP contribution >= 0.6 is 0 Å². The fourth-order valence-corrected chi connectivity index (χ4v) is 2.19. The molecule has 1 rings (SSSR count). The summed E-state index contributed by atoms with van der Waals surface area (Å²) in [5, 5.41) is 11.7. The zero-order chi connectivity index (χ0) is 15.4. The van der Waals surface area contributed by atoms with Crippen LogP contribution in [0.25, 0.3) is 0 Å². The third-order valence-corrected chi connectivity index (χ3v) is 3.25. The lowest BCUT2D eigenvalue weighted by atomic mass is 10.0. The number of aliphatic hydroxyl groups excluding tert-OH is 1. The second-order valence-electron chi connectivity index (χ2n) is 5.26. The number of anilines is 1. The van der Waals surface area contributed by atoms with Crippen molar-refractivity contribution in [2.24, 2.45) is 0 Å². The van der Waals surface area contributed by atoms with Gasteiger partial charge in [0.05, 0.1) is 6.26 Å². The third kappa shape index (κ3) is 5.58. The van der Waals surface area contributed by atoms with Crippen LogP contribution in [-0.2, 0) is 10.0 Å². The predicted octanol–water partition coefficient (Wildman–Crippen LogP) is 0.949. The second-order valence-corrected chi connectivity index (χ2v) is 7.01. The maximum atomic E-state index is 12.0. The maximum absolute atomic E-state index is 12.0. The molecule has 1 aromatic rings. The molecular formula is C13H20N2O4S. The van der Waals surface area contributed by atoms with Crippen LogP contribution in [0, 0.1) is 0 Å². The summed E-state index contributed by atoms with van der Waals surface area (Å²) in [7, 11) is -3.32. The van der Waals surface area contributed by atoms with Crippen LogP contribution in [0.15, 0.2) is 24.3 Å². The Morgan fingerprint density at radius 3 is 2.25 bits per heavy atom. The molecule has 1 amide bonds. The van der Waals surface area contributed by atoms with Crippen molar-refractivity contribution in [3.05, 3.63) is 29.8 Å². The lowest BCUT2D eigenvalue weighted by Crippen LogP contribution is -2.44. The van der Waals surface area contributed by atoms with E-state index < -0.39 is 15.6 Å². The summed E-state index contributed by atoms with van der Waals surface area (Å²) in [4.78, 5) is 12.0. The summed E-state index contributed by atoms with van der Waals surface area (Å²) in [5.74, 6) is -0.269. The molecule has 0 aliphatic heterocycles. The normalized spacial score (nSPS) is 12.0. The molecule has 0 unspecified atom stereocenters. The second kappa shape index (κ2) is 6.23. The van der Waals surface area contributed by atoms with Crippen molar-refractivity contribution in [3.63, 3.8) is 0 Å². The Bertz CT molecular complexity index is 565. The fourth-order valence-electron chi connectivity index (χ4n) is 1.63. The summed E-state index contributed by atoms with van der Waals surface area (Å²) >= 11 is 0. The topological polar surface area (TPSA) is 95.5 Å². The molecule has 112 valence electrons. The van der Waals surface area contributed by atoms with E-state index in [-0.39, 0.29) is 12.5 Å². The molecule has 0 aliphatic rings. The van der Waals surface area contributed by atoms with E-state index in [1.807, 2.05) is 13.8 Å². The molecule has 0 aliphatic carbocycles. The Hall–Kier alpha value is -1.60. The largest absolute Gasteiger partial charge is 0.396 e. The summed E-state index contributed by atoms with van der Waals surface area (Å²) in [5.41, 5.74) is 0.323. The van der Waals surface area contributed by atoms with E-state index in [0.29, 0.717) is 17.7 Å². The first-order valence-corrected chi connectivity index (χ1v) is 8.03.